The molecule has 1 aliphatic rings. The molecule has 0 radical (unpaired) electrons. The van der Waals surface area contributed by atoms with Crippen LogP contribution in [0.15, 0.2) is 53.4 Å². The van der Waals surface area contributed by atoms with Crippen molar-refractivity contribution in [2.75, 3.05) is 32.8 Å². The fourth-order valence-corrected chi connectivity index (χ4v) is 4.45. The lowest BCUT2D eigenvalue weighted by Crippen LogP contribution is -2.40. The Morgan fingerprint density at radius 3 is 2.41 bits per heavy atom. The van der Waals surface area contributed by atoms with Crippen molar-refractivity contribution in [2.45, 2.75) is 11.3 Å². The quantitative estimate of drug-likeness (QED) is 0.796. The average Bonchev–Trinajstić information content (AvgIpc) is 2.69. The van der Waals surface area contributed by atoms with E-state index in [1.807, 2.05) is 0 Å². The molecule has 1 fully saturated rings. The molecule has 0 unspecified atom stereocenters. The fourth-order valence-electron chi connectivity index (χ4n) is 2.83. The first-order valence-electron chi connectivity index (χ1n) is 8.68. The van der Waals surface area contributed by atoms with E-state index < -0.39 is 10.0 Å². The highest BCUT2D eigenvalue weighted by atomic mass is 35.5. The van der Waals surface area contributed by atoms with Crippen LogP contribution in [0.3, 0.4) is 0 Å². The maximum atomic E-state index is 12.6. The molecule has 1 N–H and O–H groups in total. The summed E-state index contributed by atoms with van der Waals surface area (Å²) in [6.45, 7) is 2.01. The second kappa shape index (κ2) is 8.84. The number of halogens is 1. The van der Waals surface area contributed by atoms with E-state index in [0.29, 0.717) is 49.9 Å². The molecule has 1 heterocycles. The lowest BCUT2D eigenvalue weighted by atomic mass is 10.1. The van der Waals surface area contributed by atoms with Gasteiger partial charge in [-0.05, 0) is 36.2 Å². The molecule has 0 bridgehead atoms. The normalized spacial score (nSPS) is 15.4. The molecule has 3 rings (SSSR count). The summed E-state index contributed by atoms with van der Waals surface area (Å²) in [4.78, 5) is 12.4. The highest BCUT2D eigenvalue weighted by Crippen LogP contribution is 2.18. The average molecular weight is 409 g/mol. The first kappa shape index (κ1) is 19.8. The van der Waals surface area contributed by atoms with E-state index >= 15 is 0 Å². The van der Waals surface area contributed by atoms with Gasteiger partial charge >= 0.3 is 0 Å². The van der Waals surface area contributed by atoms with Crippen molar-refractivity contribution in [2.24, 2.45) is 0 Å². The Balaban J connectivity index is 1.56. The number of carbonyl (C=O) groups excluding carboxylic acids is 1. The number of nitrogens with one attached hydrogen (secondary N) is 1. The highest BCUT2D eigenvalue weighted by molar-refractivity contribution is 7.89. The zero-order valence-electron chi connectivity index (χ0n) is 14.7. The Labute approximate surface area is 164 Å². The van der Waals surface area contributed by atoms with E-state index in [2.05, 4.69) is 5.32 Å². The van der Waals surface area contributed by atoms with Crippen molar-refractivity contribution in [3.63, 3.8) is 0 Å². The molecule has 8 heteroatoms. The Bertz CT molecular complexity index is 894. The van der Waals surface area contributed by atoms with E-state index in [9.17, 15) is 13.2 Å². The van der Waals surface area contributed by atoms with Gasteiger partial charge in [-0.3, -0.25) is 4.79 Å². The van der Waals surface area contributed by atoms with Crippen molar-refractivity contribution in [3.8, 4) is 0 Å². The zero-order chi connectivity index (χ0) is 19.3. The van der Waals surface area contributed by atoms with Crippen LogP contribution < -0.4 is 5.32 Å². The summed E-state index contributed by atoms with van der Waals surface area (Å²) < 4.78 is 31.8. The number of benzene rings is 2. The predicted octanol–water partition coefficient (Wildman–Crippen LogP) is 2.33. The predicted molar refractivity (Wildman–Crippen MR) is 104 cm³/mol. The van der Waals surface area contributed by atoms with Crippen LogP contribution in [0.2, 0.25) is 5.02 Å². The third-order valence-corrected chi connectivity index (χ3v) is 6.59. The molecule has 1 saturated heterocycles. The number of amides is 1. The van der Waals surface area contributed by atoms with Gasteiger partial charge in [0, 0.05) is 19.6 Å². The van der Waals surface area contributed by atoms with Crippen LogP contribution in [0, 0.1) is 0 Å². The minimum atomic E-state index is -3.48. The third kappa shape index (κ3) is 4.87. The van der Waals surface area contributed by atoms with E-state index in [1.165, 1.54) is 4.31 Å². The molecule has 1 aliphatic heterocycles. The number of carbonyl (C=O) groups is 1. The van der Waals surface area contributed by atoms with Gasteiger partial charge in [-0.25, -0.2) is 8.42 Å². The number of hydrogen-bond acceptors (Lipinski definition) is 4. The Kier molecular flexibility index (Phi) is 6.49. The molecule has 0 spiro atoms. The van der Waals surface area contributed by atoms with Crippen LogP contribution in [0.1, 0.15) is 15.9 Å². The third-order valence-electron chi connectivity index (χ3n) is 4.35. The van der Waals surface area contributed by atoms with Gasteiger partial charge < -0.3 is 10.1 Å². The summed E-state index contributed by atoms with van der Waals surface area (Å²) in [6.07, 6.45) is 0.591. The van der Waals surface area contributed by atoms with Gasteiger partial charge in [0.2, 0.25) is 10.0 Å². The molecule has 6 nitrogen and oxygen atoms in total. The summed E-state index contributed by atoms with van der Waals surface area (Å²) in [7, 11) is -3.48. The Morgan fingerprint density at radius 2 is 1.74 bits per heavy atom. The molecule has 0 aromatic heterocycles. The molecular weight excluding hydrogens is 388 g/mol. The second-order valence-corrected chi connectivity index (χ2v) is 8.49. The van der Waals surface area contributed by atoms with Gasteiger partial charge in [0.05, 0.1) is 28.7 Å². The molecule has 144 valence electrons. The summed E-state index contributed by atoms with van der Waals surface area (Å²) >= 11 is 6.01. The lowest BCUT2D eigenvalue weighted by molar-refractivity contribution is 0.0730. The van der Waals surface area contributed by atoms with Gasteiger partial charge in [0.15, 0.2) is 0 Å². The van der Waals surface area contributed by atoms with E-state index in [-0.39, 0.29) is 10.8 Å². The number of nitrogens with zero attached hydrogens (tertiary/aromatic N) is 1. The van der Waals surface area contributed by atoms with Gasteiger partial charge in [-0.1, -0.05) is 35.9 Å². The highest BCUT2D eigenvalue weighted by Gasteiger charge is 2.26. The molecule has 0 atom stereocenters. The summed E-state index contributed by atoms with van der Waals surface area (Å²) in [5.74, 6) is -0.230. The van der Waals surface area contributed by atoms with Crippen molar-refractivity contribution in [3.05, 3.63) is 64.7 Å². The van der Waals surface area contributed by atoms with Crippen molar-refractivity contribution in [1.29, 1.82) is 0 Å². The van der Waals surface area contributed by atoms with E-state index in [0.717, 1.165) is 5.56 Å². The summed E-state index contributed by atoms with van der Waals surface area (Å²) in [5, 5.41) is 3.23. The van der Waals surface area contributed by atoms with E-state index in [4.69, 9.17) is 16.3 Å². The molecule has 2 aromatic carbocycles. The number of morpholine rings is 1. The molecule has 2 aromatic rings. The van der Waals surface area contributed by atoms with Crippen LogP contribution >= 0.6 is 11.6 Å². The first-order chi connectivity index (χ1) is 13.0. The standard InChI is InChI=1S/C19H21ClN2O4S/c20-18-4-2-1-3-17(18)19(23)21-10-9-15-5-7-16(8-6-15)27(24,25)22-11-13-26-14-12-22/h1-8H,9-14H2,(H,21,23). The monoisotopic (exact) mass is 408 g/mol. The fraction of sp³-hybridized carbons (Fsp3) is 0.316. The molecular formula is C19H21ClN2O4S. The molecule has 1 amide bonds. The van der Waals surface area contributed by atoms with Crippen molar-refractivity contribution >= 4 is 27.5 Å². The molecule has 27 heavy (non-hydrogen) atoms. The number of hydrogen-bond donors (Lipinski definition) is 1. The lowest BCUT2D eigenvalue weighted by Gasteiger charge is -2.26. The van der Waals surface area contributed by atoms with Crippen LogP contribution in [0.4, 0.5) is 0 Å². The minimum absolute atomic E-state index is 0.230. The van der Waals surface area contributed by atoms with Gasteiger partial charge in [-0.15, -0.1) is 0 Å². The van der Waals surface area contributed by atoms with Gasteiger partial charge in [0.25, 0.3) is 5.91 Å². The molecule has 0 saturated carbocycles. The largest absolute Gasteiger partial charge is 0.379 e. The minimum Gasteiger partial charge on any atom is -0.379 e. The van der Waals surface area contributed by atoms with Gasteiger partial charge in [0.1, 0.15) is 0 Å². The van der Waals surface area contributed by atoms with Crippen LogP contribution in [0.5, 0.6) is 0 Å². The van der Waals surface area contributed by atoms with Crippen LogP contribution in [-0.2, 0) is 21.2 Å². The Hall–Kier alpha value is -1.93. The zero-order valence-corrected chi connectivity index (χ0v) is 16.3. The number of sulfonamides is 1. The first-order valence-corrected chi connectivity index (χ1v) is 10.5. The van der Waals surface area contributed by atoms with Crippen LogP contribution in [0.25, 0.3) is 0 Å². The number of rotatable bonds is 6. The van der Waals surface area contributed by atoms with Crippen molar-refractivity contribution in [1.82, 2.24) is 9.62 Å². The maximum absolute atomic E-state index is 12.6. The van der Waals surface area contributed by atoms with Crippen LogP contribution in [-0.4, -0.2) is 51.5 Å². The van der Waals surface area contributed by atoms with Crippen molar-refractivity contribution < 1.29 is 17.9 Å². The SMILES string of the molecule is O=C(NCCc1ccc(S(=O)(=O)N2CCOCC2)cc1)c1ccccc1Cl. The smallest absolute Gasteiger partial charge is 0.252 e. The summed E-state index contributed by atoms with van der Waals surface area (Å²) in [6, 6.07) is 13.6. The second-order valence-electron chi connectivity index (χ2n) is 6.15. The summed E-state index contributed by atoms with van der Waals surface area (Å²) in [5.41, 5.74) is 1.38. The van der Waals surface area contributed by atoms with Gasteiger partial charge in [-0.2, -0.15) is 4.31 Å². The topological polar surface area (TPSA) is 75.7 Å². The Morgan fingerprint density at radius 1 is 1.07 bits per heavy atom. The number of ether oxygens (including phenoxy) is 1. The maximum Gasteiger partial charge on any atom is 0.252 e. The molecule has 0 aliphatic carbocycles. The van der Waals surface area contributed by atoms with E-state index in [1.54, 1.807) is 48.5 Å².